The molecular formula is C28H27N3O3. The summed E-state index contributed by atoms with van der Waals surface area (Å²) in [6, 6.07) is 24.9. The molecule has 172 valence electrons. The van der Waals surface area contributed by atoms with Gasteiger partial charge < -0.3 is 14.6 Å². The Morgan fingerprint density at radius 3 is 2.47 bits per heavy atom. The molecule has 34 heavy (non-hydrogen) atoms. The fourth-order valence-corrected chi connectivity index (χ4v) is 4.62. The minimum Gasteiger partial charge on any atom is -0.436 e. The van der Waals surface area contributed by atoms with Crippen LogP contribution in [0.5, 0.6) is 0 Å². The SMILES string of the molecule is CN(C(=O)c1ccc(-c2nc3ccccc3o2)cc1)C1CCC(NC(=O)Cc2ccccc2)C1. The molecule has 1 saturated carbocycles. The average molecular weight is 454 g/mol. The summed E-state index contributed by atoms with van der Waals surface area (Å²) < 4.78 is 5.82. The van der Waals surface area contributed by atoms with Gasteiger partial charge >= 0.3 is 0 Å². The first-order chi connectivity index (χ1) is 16.6. The predicted molar refractivity (Wildman–Crippen MR) is 131 cm³/mol. The molecule has 2 atom stereocenters. The van der Waals surface area contributed by atoms with E-state index < -0.39 is 0 Å². The van der Waals surface area contributed by atoms with E-state index in [0.717, 1.165) is 41.5 Å². The number of hydrogen-bond donors (Lipinski definition) is 1. The predicted octanol–water partition coefficient (Wildman–Crippen LogP) is 4.85. The standard InChI is InChI=1S/C28H27N3O3/c1-31(23-16-15-22(18-23)29-26(32)17-19-7-3-2-4-8-19)28(33)21-13-11-20(12-14-21)27-30-24-9-5-6-10-25(24)34-27/h2-14,22-23H,15-18H2,1H3,(H,29,32). The second-order valence-electron chi connectivity index (χ2n) is 8.87. The number of fused-ring (bicyclic) bond motifs is 1. The maximum absolute atomic E-state index is 13.1. The van der Waals surface area contributed by atoms with Crippen LogP contribution in [-0.2, 0) is 11.2 Å². The van der Waals surface area contributed by atoms with Crippen LogP contribution in [0.25, 0.3) is 22.6 Å². The molecule has 3 aromatic carbocycles. The lowest BCUT2D eigenvalue weighted by Gasteiger charge is -2.25. The van der Waals surface area contributed by atoms with Gasteiger partial charge in [-0.2, -0.15) is 0 Å². The van der Waals surface area contributed by atoms with Crippen LogP contribution in [0, 0.1) is 0 Å². The monoisotopic (exact) mass is 453 g/mol. The molecule has 0 aliphatic heterocycles. The molecule has 2 unspecified atom stereocenters. The highest BCUT2D eigenvalue weighted by Crippen LogP contribution is 2.27. The lowest BCUT2D eigenvalue weighted by Crippen LogP contribution is -2.38. The summed E-state index contributed by atoms with van der Waals surface area (Å²) in [5.74, 6) is 0.546. The summed E-state index contributed by atoms with van der Waals surface area (Å²) in [5.41, 5.74) is 4.01. The van der Waals surface area contributed by atoms with Gasteiger partial charge in [-0.15, -0.1) is 0 Å². The van der Waals surface area contributed by atoms with Crippen LogP contribution in [0.4, 0.5) is 0 Å². The number of carbonyl (C=O) groups is 2. The normalized spacial score (nSPS) is 17.6. The Bertz CT molecular complexity index is 1260. The Morgan fingerprint density at radius 2 is 1.71 bits per heavy atom. The van der Waals surface area contributed by atoms with Crippen LogP contribution in [0.3, 0.4) is 0 Å². The minimum atomic E-state index is -0.0228. The molecule has 0 spiro atoms. The van der Waals surface area contributed by atoms with Crippen molar-refractivity contribution in [1.29, 1.82) is 0 Å². The number of oxazole rings is 1. The Morgan fingerprint density at radius 1 is 0.971 bits per heavy atom. The molecule has 0 radical (unpaired) electrons. The van der Waals surface area contributed by atoms with Crippen molar-refractivity contribution in [2.45, 2.75) is 37.8 Å². The zero-order valence-electron chi connectivity index (χ0n) is 19.1. The molecule has 1 aromatic heterocycles. The maximum atomic E-state index is 13.1. The summed E-state index contributed by atoms with van der Waals surface area (Å²) in [6.07, 6.45) is 2.89. The summed E-state index contributed by atoms with van der Waals surface area (Å²) in [5, 5.41) is 3.13. The van der Waals surface area contributed by atoms with Gasteiger partial charge in [0.05, 0.1) is 6.42 Å². The van der Waals surface area contributed by atoms with Gasteiger partial charge in [0, 0.05) is 30.3 Å². The molecule has 1 fully saturated rings. The highest BCUT2D eigenvalue weighted by atomic mass is 16.3. The van der Waals surface area contributed by atoms with Gasteiger partial charge in [0.25, 0.3) is 5.91 Å². The van der Waals surface area contributed by atoms with E-state index in [1.165, 1.54) is 0 Å². The topological polar surface area (TPSA) is 75.4 Å². The summed E-state index contributed by atoms with van der Waals surface area (Å²) >= 11 is 0. The molecule has 1 N–H and O–H groups in total. The van der Waals surface area contributed by atoms with Crippen molar-refractivity contribution in [1.82, 2.24) is 15.2 Å². The smallest absolute Gasteiger partial charge is 0.253 e. The Kier molecular flexibility index (Phi) is 6.12. The minimum absolute atomic E-state index is 0.0228. The van der Waals surface area contributed by atoms with E-state index in [2.05, 4.69) is 10.3 Å². The van der Waals surface area contributed by atoms with E-state index in [1.807, 2.05) is 85.9 Å². The molecule has 5 rings (SSSR count). The first kappa shape index (κ1) is 21.9. The van der Waals surface area contributed by atoms with E-state index in [9.17, 15) is 9.59 Å². The van der Waals surface area contributed by atoms with Gasteiger partial charge in [0.15, 0.2) is 5.58 Å². The number of aromatic nitrogens is 1. The number of hydrogen-bond acceptors (Lipinski definition) is 4. The fourth-order valence-electron chi connectivity index (χ4n) is 4.62. The first-order valence-electron chi connectivity index (χ1n) is 11.6. The molecule has 0 bridgehead atoms. The van der Waals surface area contributed by atoms with Crippen molar-refractivity contribution in [2.24, 2.45) is 0 Å². The van der Waals surface area contributed by atoms with Gasteiger partial charge in [-0.3, -0.25) is 9.59 Å². The van der Waals surface area contributed by atoms with Crippen molar-refractivity contribution < 1.29 is 14.0 Å². The molecule has 1 aliphatic carbocycles. The zero-order valence-corrected chi connectivity index (χ0v) is 19.1. The van der Waals surface area contributed by atoms with Gasteiger partial charge in [-0.1, -0.05) is 42.5 Å². The van der Waals surface area contributed by atoms with Crippen molar-refractivity contribution >= 4 is 22.9 Å². The maximum Gasteiger partial charge on any atom is 0.253 e. The molecular weight excluding hydrogens is 426 g/mol. The summed E-state index contributed by atoms with van der Waals surface area (Å²) in [4.78, 5) is 31.8. The highest BCUT2D eigenvalue weighted by molar-refractivity contribution is 5.94. The first-order valence-corrected chi connectivity index (χ1v) is 11.6. The number of amides is 2. The number of nitrogens with zero attached hydrogens (tertiary/aromatic N) is 2. The van der Waals surface area contributed by atoms with E-state index >= 15 is 0 Å². The number of nitrogens with one attached hydrogen (secondary N) is 1. The Labute approximate surface area is 198 Å². The molecule has 6 heteroatoms. The molecule has 2 amide bonds. The largest absolute Gasteiger partial charge is 0.436 e. The summed E-state index contributed by atoms with van der Waals surface area (Å²) in [6.45, 7) is 0. The zero-order chi connectivity index (χ0) is 23.5. The van der Waals surface area contributed by atoms with Crippen molar-refractivity contribution in [3.63, 3.8) is 0 Å². The van der Waals surface area contributed by atoms with Gasteiger partial charge in [-0.05, 0) is 61.2 Å². The Hall–Kier alpha value is -3.93. The number of rotatable bonds is 6. The second kappa shape index (κ2) is 9.51. The third-order valence-electron chi connectivity index (χ3n) is 6.52. The van der Waals surface area contributed by atoms with Gasteiger partial charge in [0.1, 0.15) is 5.52 Å². The quantitative estimate of drug-likeness (QED) is 0.453. The number of benzene rings is 3. The Balaban J connectivity index is 1.18. The molecule has 0 saturated heterocycles. The van der Waals surface area contributed by atoms with Crippen LogP contribution in [-0.4, -0.2) is 40.8 Å². The molecule has 6 nitrogen and oxygen atoms in total. The third kappa shape index (κ3) is 4.71. The van der Waals surface area contributed by atoms with Crippen LogP contribution in [0.1, 0.15) is 35.2 Å². The average Bonchev–Trinajstić information content (AvgIpc) is 3.51. The van der Waals surface area contributed by atoms with Crippen LogP contribution >= 0.6 is 0 Å². The van der Waals surface area contributed by atoms with Crippen LogP contribution in [0.2, 0.25) is 0 Å². The van der Waals surface area contributed by atoms with Crippen molar-refractivity contribution in [3.05, 3.63) is 90.0 Å². The van der Waals surface area contributed by atoms with Crippen molar-refractivity contribution in [2.75, 3.05) is 7.05 Å². The lowest BCUT2D eigenvalue weighted by molar-refractivity contribution is -0.121. The van der Waals surface area contributed by atoms with E-state index in [1.54, 1.807) is 4.90 Å². The second-order valence-corrected chi connectivity index (χ2v) is 8.87. The van der Waals surface area contributed by atoms with Crippen LogP contribution in [0.15, 0.2) is 83.3 Å². The molecule has 4 aromatic rings. The number of para-hydroxylation sites is 2. The summed E-state index contributed by atoms with van der Waals surface area (Å²) in [7, 11) is 1.84. The van der Waals surface area contributed by atoms with Gasteiger partial charge in [-0.25, -0.2) is 4.98 Å². The molecule has 1 aliphatic rings. The lowest BCUT2D eigenvalue weighted by atomic mass is 10.1. The van der Waals surface area contributed by atoms with E-state index in [0.29, 0.717) is 17.9 Å². The van der Waals surface area contributed by atoms with E-state index in [4.69, 9.17) is 4.42 Å². The van der Waals surface area contributed by atoms with Crippen LogP contribution < -0.4 is 5.32 Å². The number of carbonyl (C=O) groups excluding carboxylic acids is 2. The highest BCUT2D eigenvalue weighted by Gasteiger charge is 2.31. The molecule has 1 heterocycles. The van der Waals surface area contributed by atoms with Gasteiger partial charge in [0.2, 0.25) is 11.8 Å². The fraction of sp³-hybridized carbons (Fsp3) is 0.250. The third-order valence-corrected chi connectivity index (χ3v) is 6.52. The van der Waals surface area contributed by atoms with E-state index in [-0.39, 0.29) is 23.9 Å². The van der Waals surface area contributed by atoms with Crippen molar-refractivity contribution in [3.8, 4) is 11.5 Å².